The molecule has 1 N–H and O–H groups in total. The SMILES string of the molecule is CCNC(C#N)CN(CC)CCCN(C)C. The molecule has 1 atom stereocenters. The summed E-state index contributed by atoms with van der Waals surface area (Å²) in [5, 5.41) is 12.2. The maximum absolute atomic E-state index is 8.97. The van der Waals surface area contributed by atoms with Gasteiger partial charge in [0.2, 0.25) is 0 Å². The van der Waals surface area contributed by atoms with Gasteiger partial charge in [0.25, 0.3) is 0 Å². The van der Waals surface area contributed by atoms with Crippen molar-refractivity contribution in [3.05, 3.63) is 0 Å². The Balaban J connectivity index is 3.85. The van der Waals surface area contributed by atoms with Crippen molar-refractivity contribution in [2.24, 2.45) is 0 Å². The van der Waals surface area contributed by atoms with Crippen LogP contribution < -0.4 is 5.32 Å². The smallest absolute Gasteiger partial charge is 0.108 e. The maximum atomic E-state index is 8.97. The van der Waals surface area contributed by atoms with Crippen molar-refractivity contribution < 1.29 is 0 Å². The van der Waals surface area contributed by atoms with Crippen LogP contribution in [-0.2, 0) is 0 Å². The van der Waals surface area contributed by atoms with Crippen LogP contribution >= 0.6 is 0 Å². The zero-order valence-corrected chi connectivity index (χ0v) is 11.2. The fraction of sp³-hybridized carbons (Fsp3) is 0.917. The summed E-state index contributed by atoms with van der Waals surface area (Å²) in [5.74, 6) is 0. The molecule has 0 aliphatic heterocycles. The summed E-state index contributed by atoms with van der Waals surface area (Å²) >= 11 is 0. The van der Waals surface area contributed by atoms with E-state index in [0.29, 0.717) is 0 Å². The second-order valence-electron chi connectivity index (χ2n) is 4.29. The molecular weight excluding hydrogens is 200 g/mol. The number of nitrogens with one attached hydrogen (secondary N) is 1. The molecule has 0 amide bonds. The van der Waals surface area contributed by atoms with E-state index in [1.807, 2.05) is 6.92 Å². The van der Waals surface area contributed by atoms with Crippen LogP contribution in [0.1, 0.15) is 20.3 Å². The second kappa shape index (κ2) is 9.59. The predicted molar refractivity (Wildman–Crippen MR) is 68.4 cm³/mol. The molecule has 0 aromatic carbocycles. The lowest BCUT2D eigenvalue weighted by atomic mass is 10.2. The molecule has 4 heteroatoms. The molecule has 16 heavy (non-hydrogen) atoms. The standard InChI is InChI=1S/C12H26N4/c1-5-14-12(10-13)11-16(6-2)9-7-8-15(3)4/h12,14H,5-9,11H2,1-4H3. The largest absolute Gasteiger partial charge is 0.309 e. The monoisotopic (exact) mass is 226 g/mol. The van der Waals surface area contributed by atoms with Gasteiger partial charge >= 0.3 is 0 Å². The lowest BCUT2D eigenvalue weighted by Crippen LogP contribution is -2.41. The fourth-order valence-corrected chi connectivity index (χ4v) is 1.64. The molecule has 0 fully saturated rings. The Kier molecular flexibility index (Phi) is 9.21. The summed E-state index contributed by atoms with van der Waals surface area (Å²) in [4.78, 5) is 4.53. The average Bonchev–Trinajstić information content (AvgIpc) is 2.26. The first-order valence-electron chi connectivity index (χ1n) is 6.14. The van der Waals surface area contributed by atoms with Crippen molar-refractivity contribution in [1.82, 2.24) is 15.1 Å². The third-order valence-electron chi connectivity index (χ3n) is 2.57. The highest BCUT2D eigenvalue weighted by atomic mass is 15.1. The van der Waals surface area contributed by atoms with Crippen molar-refractivity contribution >= 4 is 0 Å². The van der Waals surface area contributed by atoms with Gasteiger partial charge in [-0.2, -0.15) is 5.26 Å². The van der Waals surface area contributed by atoms with E-state index in [2.05, 4.69) is 42.2 Å². The number of rotatable bonds is 9. The normalized spacial score (nSPS) is 13.1. The highest BCUT2D eigenvalue weighted by Crippen LogP contribution is 1.95. The van der Waals surface area contributed by atoms with Crippen molar-refractivity contribution in [2.45, 2.75) is 26.3 Å². The Labute approximate surface area is 100 Å². The highest BCUT2D eigenvalue weighted by molar-refractivity contribution is 4.91. The molecule has 0 aliphatic rings. The van der Waals surface area contributed by atoms with Gasteiger partial charge in [-0.1, -0.05) is 13.8 Å². The Morgan fingerprint density at radius 3 is 2.38 bits per heavy atom. The van der Waals surface area contributed by atoms with Crippen LogP contribution in [-0.4, -0.2) is 62.7 Å². The van der Waals surface area contributed by atoms with Gasteiger partial charge in [-0.3, -0.25) is 0 Å². The molecule has 0 radical (unpaired) electrons. The predicted octanol–water partition coefficient (Wildman–Crippen LogP) is 0.762. The van der Waals surface area contributed by atoms with Crippen LogP contribution in [0.2, 0.25) is 0 Å². The van der Waals surface area contributed by atoms with Gasteiger partial charge in [0.15, 0.2) is 0 Å². The first kappa shape index (κ1) is 15.4. The van der Waals surface area contributed by atoms with Gasteiger partial charge in [0.05, 0.1) is 6.07 Å². The van der Waals surface area contributed by atoms with Gasteiger partial charge in [-0.15, -0.1) is 0 Å². The van der Waals surface area contributed by atoms with Crippen molar-refractivity contribution in [3.63, 3.8) is 0 Å². The quantitative estimate of drug-likeness (QED) is 0.630. The summed E-state index contributed by atoms with van der Waals surface area (Å²) in [6.45, 7) is 9.05. The van der Waals surface area contributed by atoms with Crippen LogP contribution in [0.25, 0.3) is 0 Å². The van der Waals surface area contributed by atoms with E-state index >= 15 is 0 Å². The molecule has 0 saturated carbocycles. The fourth-order valence-electron chi connectivity index (χ4n) is 1.64. The van der Waals surface area contributed by atoms with E-state index in [1.165, 1.54) is 0 Å². The Morgan fingerprint density at radius 2 is 1.94 bits per heavy atom. The van der Waals surface area contributed by atoms with E-state index in [-0.39, 0.29) is 6.04 Å². The third kappa shape index (κ3) is 7.63. The zero-order valence-electron chi connectivity index (χ0n) is 11.2. The molecule has 0 spiro atoms. The molecular formula is C12H26N4. The molecule has 0 aromatic rings. The van der Waals surface area contributed by atoms with Crippen LogP contribution in [0.15, 0.2) is 0 Å². The minimum absolute atomic E-state index is 0.0377. The molecule has 0 saturated heterocycles. The maximum Gasteiger partial charge on any atom is 0.108 e. The summed E-state index contributed by atoms with van der Waals surface area (Å²) in [7, 11) is 4.18. The highest BCUT2D eigenvalue weighted by Gasteiger charge is 2.10. The van der Waals surface area contributed by atoms with Crippen LogP contribution in [0.4, 0.5) is 0 Å². The van der Waals surface area contributed by atoms with E-state index in [9.17, 15) is 0 Å². The molecule has 0 heterocycles. The van der Waals surface area contributed by atoms with Crippen molar-refractivity contribution in [1.29, 1.82) is 5.26 Å². The van der Waals surface area contributed by atoms with Crippen molar-refractivity contribution in [2.75, 3.05) is 46.8 Å². The minimum atomic E-state index is -0.0377. The summed E-state index contributed by atoms with van der Waals surface area (Å²) in [6, 6.07) is 2.27. The summed E-state index contributed by atoms with van der Waals surface area (Å²) < 4.78 is 0. The zero-order chi connectivity index (χ0) is 12.4. The second-order valence-corrected chi connectivity index (χ2v) is 4.29. The van der Waals surface area contributed by atoms with E-state index in [1.54, 1.807) is 0 Å². The van der Waals surface area contributed by atoms with Gasteiger partial charge in [0, 0.05) is 6.54 Å². The number of nitriles is 1. The van der Waals surface area contributed by atoms with Crippen LogP contribution in [0.3, 0.4) is 0 Å². The molecule has 0 bridgehead atoms. The number of likely N-dealkylation sites (N-methyl/N-ethyl adjacent to an activating group) is 2. The molecule has 4 nitrogen and oxygen atoms in total. The van der Waals surface area contributed by atoms with Gasteiger partial charge in [-0.05, 0) is 46.7 Å². The Morgan fingerprint density at radius 1 is 1.25 bits per heavy atom. The lowest BCUT2D eigenvalue weighted by molar-refractivity contribution is 0.253. The molecule has 94 valence electrons. The van der Waals surface area contributed by atoms with E-state index in [0.717, 1.165) is 39.1 Å². The first-order chi connectivity index (χ1) is 7.63. The Hall–Kier alpha value is -0.630. The van der Waals surface area contributed by atoms with Gasteiger partial charge in [-0.25, -0.2) is 0 Å². The molecule has 0 aromatic heterocycles. The lowest BCUT2D eigenvalue weighted by Gasteiger charge is -2.23. The Bertz CT molecular complexity index is 198. The van der Waals surface area contributed by atoms with E-state index in [4.69, 9.17) is 5.26 Å². The summed E-state index contributed by atoms with van der Waals surface area (Å²) in [6.07, 6.45) is 1.16. The molecule has 0 rings (SSSR count). The first-order valence-corrected chi connectivity index (χ1v) is 6.14. The van der Waals surface area contributed by atoms with Gasteiger partial charge in [0.1, 0.15) is 6.04 Å². The number of nitrogens with zero attached hydrogens (tertiary/aromatic N) is 3. The third-order valence-corrected chi connectivity index (χ3v) is 2.57. The molecule has 0 aliphatic carbocycles. The van der Waals surface area contributed by atoms with Crippen LogP contribution in [0, 0.1) is 11.3 Å². The van der Waals surface area contributed by atoms with Crippen molar-refractivity contribution in [3.8, 4) is 6.07 Å². The average molecular weight is 226 g/mol. The number of hydrogen-bond acceptors (Lipinski definition) is 4. The van der Waals surface area contributed by atoms with E-state index < -0.39 is 0 Å². The minimum Gasteiger partial charge on any atom is -0.309 e. The van der Waals surface area contributed by atoms with Crippen LogP contribution in [0.5, 0.6) is 0 Å². The number of hydrogen-bond donors (Lipinski definition) is 1. The van der Waals surface area contributed by atoms with Gasteiger partial charge < -0.3 is 15.1 Å². The topological polar surface area (TPSA) is 42.3 Å². The summed E-state index contributed by atoms with van der Waals surface area (Å²) in [5.41, 5.74) is 0. The molecule has 1 unspecified atom stereocenters.